The molecule has 0 radical (unpaired) electrons. The summed E-state index contributed by atoms with van der Waals surface area (Å²) in [4.78, 5) is 28.1. The SMILES string of the molecule is COc1cccc(N2C(=O)C[C@@]3(CC3(c3ccccc3)c3ccccc3)C2=O)c1. The van der Waals surface area contributed by atoms with E-state index in [-0.39, 0.29) is 18.2 Å². The number of rotatable bonds is 4. The summed E-state index contributed by atoms with van der Waals surface area (Å²) < 4.78 is 5.28. The average Bonchev–Trinajstić information content (AvgIpc) is 3.38. The van der Waals surface area contributed by atoms with Gasteiger partial charge in [-0.15, -0.1) is 0 Å². The maximum Gasteiger partial charge on any atom is 0.241 e. The van der Waals surface area contributed by atoms with Crippen molar-refractivity contribution in [2.45, 2.75) is 18.3 Å². The van der Waals surface area contributed by atoms with E-state index in [0.29, 0.717) is 17.9 Å². The molecule has 1 aliphatic carbocycles. The minimum Gasteiger partial charge on any atom is -0.497 e. The second-order valence-electron chi connectivity index (χ2n) is 7.81. The van der Waals surface area contributed by atoms with Crippen LogP contribution in [0.3, 0.4) is 0 Å². The van der Waals surface area contributed by atoms with Crippen molar-refractivity contribution in [2.24, 2.45) is 5.41 Å². The first-order valence-corrected chi connectivity index (χ1v) is 9.75. The standard InChI is InChI=1S/C25H21NO3/c1-29-21-14-8-13-20(15-21)26-22(27)16-24(23(26)28)17-25(24,18-9-4-2-5-10-18)19-11-6-3-7-12-19/h2-15H,16-17H2,1H3/t24-/m1/s1. The molecule has 4 nitrogen and oxygen atoms in total. The van der Waals surface area contributed by atoms with E-state index in [0.717, 1.165) is 11.1 Å². The number of carbonyl (C=O) groups excluding carboxylic acids is 2. The maximum absolute atomic E-state index is 13.7. The topological polar surface area (TPSA) is 46.6 Å². The van der Waals surface area contributed by atoms with Gasteiger partial charge in [0.2, 0.25) is 11.8 Å². The molecule has 1 aliphatic heterocycles. The number of nitrogens with zero attached hydrogens (tertiary/aromatic N) is 1. The van der Waals surface area contributed by atoms with Crippen LogP contribution < -0.4 is 9.64 Å². The van der Waals surface area contributed by atoms with Gasteiger partial charge in [0.25, 0.3) is 0 Å². The molecule has 1 saturated heterocycles. The summed E-state index contributed by atoms with van der Waals surface area (Å²) in [5, 5.41) is 0. The van der Waals surface area contributed by atoms with Crippen LogP contribution in [0.25, 0.3) is 0 Å². The Labute approximate surface area is 169 Å². The molecule has 3 aromatic rings. The molecular formula is C25H21NO3. The number of hydrogen-bond acceptors (Lipinski definition) is 3. The number of imide groups is 1. The zero-order valence-electron chi connectivity index (χ0n) is 16.2. The predicted molar refractivity (Wildman–Crippen MR) is 111 cm³/mol. The van der Waals surface area contributed by atoms with Crippen molar-refractivity contribution in [1.82, 2.24) is 0 Å². The number of hydrogen-bond donors (Lipinski definition) is 0. The molecule has 29 heavy (non-hydrogen) atoms. The normalized spacial score (nSPS) is 22.2. The summed E-state index contributed by atoms with van der Waals surface area (Å²) in [7, 11) is 1.57. The highest BCUT2D eigenvalue weighted by atomic mass is 16.5. The van der Waals surface area contributed by atoms with E-state index in [1.165, 1.54) is 4.90 Å². The van der Waals surface area contributed by atoms with Gasteiger partial charge in [-0.3, -0.25) is 9.59 Å². The van der Waals surface area contributed by atoms with E-state index >= 15 is 0 Å². The lowest BCUT2D eigenvalue weighted by Crippen LogP contribution is -2.33. The van der Waals surface area contributed by atoms with Crippen LogP contribution in [0.15, 0.2) is 84.9 Å². The molecule has 2 aliphatic rings. The molecule has 1 heterocycles. The summed E-state index contributed by atoms with van der Waals surface area (Å²) in [5.41, 5.74) is 1.52. The van der Waals surface area contributed by atoms with Gasteiger partial charge in [0, 0.05) is 17.9 Å². The van der Waals surface area contributed by atoms with Crippen molar-refractivity contribution >= 4 is 17.5 Å². The monoisotopic (exact) mass is 383 g/mol. The molecule has 0 aromatic heterocycles. The van der Waals surface area contributed by atoms with Gasteiger partial charge in [-0.25, -0.2) is 4.90 Å². The second kappa shape index (κ2) is 6.31. The van der Waals surface area contributed by atoms with Crippen LogP contribution in [0.5, 0.6) is 5.75 Å². The highest BCUT2D eigenvalue weighted by Gasteiger charge is 2.77. The fourth-order valence-electron chi connectivity index (χ4n) is 5.00. The van der Waals surface area contributed by atoms with E-state index in [1.54, 1.807) is 31.4 Å². The van der Waals surface area contributed by atoms with E-state index in [4.69, 9.17) is 4.74 Å². The lowest BCUT2D eigenvalue weighted by Gasteiger charge is -2.23. The maximum atomic E-state index is 13.7. The van der Waals surface area contributed by atoms with Crippen LogP contribution in [0.4, 0.5) is 5.69 Å². The quantitative estimate of drug-likeness (QED) is 0.630. The smallest absolute Gasteiger partial charge is 0.241 e. The summed E-state index contributed by atoms with van der Waals surface area (Å²) in [6, 6.07) is 27.3. The lowest BCUT2D eigenvalue weighted by atomic mass is 9.79. The molecule has 3 aromatic carbocycles. The average molecular weight is 383 g/mol. The van der Waals surface area contributed by atoms with Gasteiger partial charge in [0.15, 0.2) is 0 Å². The van der Waals surface area contributed by atoms with Crippen molar-refractivity contribution in [3.63, 3.8) is 0 Å². The van der Waals surface area contributed by atoms with E-state index < -0.39 is 10.8 Å². The molecule has 4 heteroatoms. The van der Waals surface area contributed by atoms with Crippen molar-refractivity contribution < 1.29 is 14.3 Å². The highest BCUT2D eigenvalue weighted by molar-refractivity contribution is 6.25. The van der Waals surface area contributed by atoms with Gasteiger partial charge in [-0.05, 0) is 29.7 Å². The Bertz CT molecular complexity index is 1050. The van der Waals surface area contributed by atoms with E-state index in [2.05, 4.69) is 24.3 Å². The molecule has 0 unspecified atom stereocenters. The zero-order chi connectivity index (χ0) is 20.1. The zero-order valence-corrected chi connectivity index (χ0v) is 16.2. The molecule has 1 saturated carbocycles. The van der Waals surface area contributed by atoms with Crippen LogP contribution in [0.1, 0.15) is 24.0 Å². The fraction of sp³-hybridized carbons (Fsp3) is 0.200. The number of ether oxygens (including phenoxy) is 1. The Morgan fingerprint density at radius 2 is 1.45 bits per heavy atom. The molecule has 0 N–H and O–H groups in total. The third-order valence-electron chi connectivity index (χ3n) is 6.42. The van der Waals surface area contributed by atoms with Crippen LogP contribution in [0.2, 0.25) is 0 Å². The number of carbonyl (C=O) groups is 2. The summed E-state index contributed by atoms with van der Waals surface area (Å²) in [6.45, 7) is 0. The van der Waals surface area contributed by atoms with Crippen molar-refractivity contribution in [3.05, 3.63) is 96.1 Å². The molecule has 1 spiro atoms. The minimum absolute atomic E-state index is 0.122. The molecule has 1 atom stereocenters. The molecule has 5 rings (SSSR count). The fourth-order valence-corrected chi connectivity index (χ4v) is 5.00. The third kappa shape index (κ3) is 2.38. The van der Waals surface area contributed by atoms with E-state index in [1.807, 2.05) is 36.4 Å². The number of anilines is 1. The Balaban J connectivity index is 1.62. The first-order valence-electron chi connectivity index (χ1n) is 9.75. The minimum atomic E-state index is -0.740. The van der Waals surface area contributed by atoms with Crippen LogP contribution in [-0.4, -0.2) is 18.9 Å². The molecule has 2 fully saturated rings. The van der Waals surface area contributed by atoms with Crippen molar-refractivity contribution in [3.8, 4) is 5.75 Å². The summed E-state index contributed by atoms with van der Waals surface area (Å²) >= 11 is 0. The molecular weight excluding hydrogens is 362 g/mol. The van der Waals surface area contributed by atoms with Gasteiger partial charge >= 0.3 is 0 Å². The molecule has 2 amide bonds. The first kappa shape index (κ1) is 17.7. The Hall–Kier alpha value is -3.40. The number of benzene rings is 3. The lowest BCUT2D eigenvalue weighted by molar-refractivity contribution is -0.123. The highest BCUT2D eigenvalue weighted by Crippen LogP contribution is 2.72. The van der Waals surface area contributed by atoms with Gasteiger partial charge in [-0.2, -0.15) is 0 Å². The summed E-state index contributed by atoms with van der Waals surface area (Å²) in [6.07, 6.45) is 0.853. The van der Waals surface area contributed by atoms with Crippen molar-refractivity contribution in [2.75, 3.05) is 12.0 Å². The van der Waals surface area contributed by atoms with Crippen LogP contribution in [-0.2, 0) is 15.0 Å². The molecule has 0 bridgehead atoms. The largest absolute Gasteiger partial charge is 0.497 e. The number of amides is 2. The van der Waals surface area contributed by atoms with Gasteiger partial charge in [0.1, 0.15) is 5.75 Å². The van der Waals surface area contributed by atoms with Crippen LogP contribution in [0, 0.1) is 5.41 Å². The van der Waals surface area contributed by atoms with Crippen molar-refractivity contribution in [1.29, 1.82) is 0 Å². The Morgan fingerprint density at radius 1 is 0.828 bits per heavy atom. The van der Waals surface area contributed by atoms with Gasteiger partial charge in [-0.1, -0.05) is 66.7 Å². The molecule has 144 valence electrons. The predicted octanol–water partition coefficient (Wildman–Crippen LogP) is 4.33. The van der Waals surface area contributed by atoms with Gasteiger partial charge in [0.05, 0.1) is 18.2 Å². The third-order valence-corrected chi connectivity index (χ3v) is 6.42. The Kier molecular flexibility index (Phi) is 3.85. The Morgan fingerprint density at radius 3 is 2.03 bits per heavy atom. The van der Waals surface area contributed by atoms with E-state index in [9.17, 15) is 9.59 Å². The second-order valence-corrected chi connectivity index (χ2v) is 7.81. The first-order chi connectivity index (χ1) is 14.1. The summed E-state index contributed by atoms with van der Waals surface area (Å²) in [5.74, 6) is 0.345. The van der Waals surface area contributed by atoms with Gasteiger partial charge < -0.3 is 4.74 Å². The number of methoxy groups -OCH3 is 1. The van der Waals surface area contributed by atoms with Crippen LogP contribution >= 0.6 is 0 Å².